The van der Waals surface area contributed by atoms with Crippen molar-refractivity contribution in [3.63, 3.8) is 0 Å². The first-order valence-corrected chi connectivity index (χ1v) is 7.47. The van der Waals surface area contributed by atoms with Gasteiger partial charge in [0.15, 0.2) is 0 Å². The van der Waals surface area contributed by atoms with Crippen LogP contribution in [-0.2, 0) is 0 Å². The number of nitrogens with zero attached hydrogens (tertiary/aromatic N) is 1. The molecule has 0 aliphatic carbocycles. The zero-order valence-corrected chi connectivity index (χ0v) is 12.2. The Kier molecular flexibility index (Phi) is 7.65. The molecule has 0 aliphatic rings. The van der Waals surface area contributed by atoms with E-state index in [1.807, 2.05) is 12.1 Å². The molecule has 1 aromatic rings. The van der Waals surface area contributed by atoms with Crippen LogP contribution < -0.4 is 5.32 Å². The first-order valence-electron chi connectivity index (χ1n) is 6.21. The van der Waals surface area contributed by atoms with Crippen molar-refractivity contribution in [1.29, 1.82) is 0 Å². The second-order valence-corrected chi connectivity index (χ2v) is 6.05. The smallest absolute Gasteiger partial charge is 0.0964 e. The highest BCUT2D eigenvalue weighted by Gasteiger charge is 2.04. The molecule has 1 atom stereocenters. The van der Waals surface area contributed by atoms with Crippen LogP contribution in [0.2, 0.25) is 5.02 Å². The average molecular weight is 273 g/mol. The molecule has 1 aromatic heterocycles. The van der Waals surface area contributed by atoms with Crippen LogP contribution in [-0.4, -0.2) is 23.3 Å². The zero-order chi connectivity index (χ0) is 12.5. The summed E-state index contributed by atoms with van der Waals surface area (Å²) in [6.45, 7) is 6.59. The number of rotatable bonds is 8. The molecular weight excluding hydrogens is 252 g/mol. The summed E-state index contributed by atoms with van der Waals surface area (Å²) in [7, 11) is 0. The Bertz CT molecular complexity index is 303. The molecule has 1 unspecified atom stereocenters. The predicted molar refractivity (Wildman–Crippen MR) is 77.0 cm³/mol. The molecule has 0 aromatic carbocycles. The molecule has 1 N–H and O–H groups in total. The molecule has 2 nitrogen and oxygen atoms in total. The van der Waals surface area contributed by atoms with Crippen LogP contribution in [0.4, 0.5) is 0 Å². The second kappa shape index (κ2) is 8.78. The summed E-state index contributed by atoms with van der Waals surface area (Å²) in [5.74, 6) is 0. The molecule has 0 radical (unpaired) electrons. The van der Waals surface area contributed by atoms with Gasteiger partial charge in [-0.2, -0.15) is 0 Å². The molecule has 17 heavy (non-hydrogen) atoms. The molecule has 0 aliphatic heterocycles. The van der Waals surface area contributed by atoms with Gasteiger partial charge in [0.2, 0.25) is 0 Å². The lowest BCUT2D eigenvalue weighted by molar-refractivity contribution is 0.615. The lowest BCUT2D eigenvalue weighted by atomic mass is 10.2. The third-order valence-electron chi connectivity index (χ3n) is 2.41. The molecule has 1 heterocycles. The summed E-state index contributed by atoms with van der Waals surface area (Å²) >= 11 is 7.58. The first kappa shape index (κ1) is 14.8. The van der Waals surface area contributed by atoms with Gasteiger partial charge in [0.1, 0.15) is 0 Å². The van der Waals surface area contributed by atoms with Gasteiger partial charge < -0.3 is 5.32 Å². The maximum atomic E-state index is 5.80. The van der Waals surface area contributed by atoms with E-state index in [0.29, 0.717) is 10.3 Å². The first-order chi connectivity index (χ1) is 8.22. The normalized spacial score (nSPS) is 12.6. The van der Waals surface area contributed by atoms with E-state index in [4.69, 9.17) is 11.6 Å². The summed E-state index contributed by atoms with van der Waals surface area (Å²) in [5, 5.41) is 5.74. The summed E-state index contributed by atoms with van der Waals surface area (Å²) in [5.41, 5.74) is 0. The molecular formula is C13H21ClN2S. The van der Waals surface area contributed by atoms with E-state index in [2.05, 4.69) is 24.1 Å². The van der Waals surface area contributed by atoms with Crippen LogP contribution in [0.15, 0.2) is 23.4 Å². The van der Waals surface area contributed by atoms with Gasteiger partial charge >= 0.3 is 0 Å². The minimum absolute atomic E-state index is 0.533. The fourth-order valence-electron chi connectivity index (χ4n) is 1.49. The lowest BCUT2D eigenvalue weighted by Crippen LogP contribution is -2.23. The average Bonchev–Trinajstić information content (AvgIpc) is 2.32. The van der Waals surface area contributed by atoms with Crippen molar-refractivity contribution in [3.05, 3.63) is 23.4 Å². The van der Waals surface area contributed by atoms with Crippen molar-refractivity contribution in [3.8, 4) is 0 Å². The van der Waals surface area contributed by atoms with Crippen LogP contribution in [0.5, 0.6) is 0 Å². The third kappa shape index (κ3) is 6.92. The lowest BCUT2D eigenvalue weighted by Gasteiger charge is -2.11. The van der Waals surface area contributed by atoms with Crippen LogP contribution in [0, 0.1) is 0 Å². The summed E-state index contributed by atoms with van der Waals surface area (Å²) in [6, 6.07) is 3.86. The van der Waals surface area contributed by atoms with E-state index in [9.17, 15) is 0 Å². The maximum Gasteiger partial charge on any atom is 0.0964 e. The molecule has 0 saturated carbocycles. The van der Waals surface area contributed by atoms with E-state index in [-0.39, 0.29) is 0 Å². The maximum absolute atomic E-state index is 5.80. The van der Waals surface area contributed by atoms with Crippen molar-refractivity contribution in [2.75, 3.05) is 13.1 Å². The van der Waals surface area contributed by atoms with Crippen molar-refractivity contribution >= 4 is 23.4 Å². The van der Waals surface area contributed by atoms with E-state index >= 15 is 0 Å². The van der Waals surface area contributed by atoms with Crippen LogP contribution in [0.25, 0.3) is 0 Å². The third-order valence-corrected chi connectivity index (χ3v) is 3.69. The number of halogens is 1. The minimum atomic E-state index is 0.533. The molecule has 0 amide bonds. The van der Waals surface area contributed by atoms with Gasteiger partial charge in [0.05, 0.1) is 10.0 Å². The highest BCUT2D eigenvalue weighted by molar-refractivity contribution is 7.99. The van der Waals surface area contributed by atoms with Crippen LogP contribution in [0.3, 0.4) is 0 Å². The molecule has 1 rings (SSSR count). The van der Waals surface area contributed by atoms with E-state index in [1.54, 1.807) is 18.0 Å². The van der Waals surface area contributed by atoms with Crippen molar-refractivity contribution in [2.24, 2.45) is 0 Å². The number of thioether (sulfide) groups is 1. The van der Waals surface area contributed by atoms with Gasteiger partial charge in [-0.3, -0.25) is 0 Å². The minimum Gasteiger partial charge on any atom is -0.316 e. The van der Waals surface area contributed by atoms with Gasteiger partial charge in [0, 0.05) is 18.0 Å². The number of aromatic nitrogens is 1. The summed E-state index contributed by atoms with van der Waals surface area (Å²) in [4.78, 5) is 4.28. The Morgan fingerprint density at radius 2 is 2.24 bits per heavy atom. The van der Waals surface area contributed by atoms with Crippen LogP contribution in [0.1, 0.15) is 33.1 Å². The van der Waals surface area contributed by atoms with Gasteiger partial charge in [-0.05, 0) is 25.1 Å². The Balaban J connectivity index is 2.16. The van der Waals surface area contributed by atoms with Crippen LogP contribution >= 0.6 is 23.4 Å². The predicted octanol–water partition coefficient (Wildman–Crippen LogP) is 4.00. The van der Waals surface area contributed by atoms with E-state index in [1.165, 1.54) is 19.3 Å². The number of hydrogen-bond donors (Lipinski definition) is 1. The molecule has 0 saturated heterocycles. The van der Waals surface area contributed by atoms with E-state index < -0.39 is 0 Å². The molecule has 4 heteroatoms. The monoisotopic (exact) mass is 272 g/mol. The second-order valence-electron chi connectivity index (χ2n) is 4.15. The highest BCUT2D eigenvalue weighted by atomic mass is 35.5. The molecule has 0 fully saturated rings. The molecule has 0 bridgehead atoms. The SMILES string of the molecule is CCCCCNCC(C)Sc1ccc(Cl)cn1. The molecule has 0 spiro atoms. The summed E-state index contributed by atoms with van der Waals surface area (Å²) in [6.07, 6.45) is 5.56. The number of nitrogens with one attached hydrogen (secondary N) is 1. The van der Waals surface area contributed by atoms with Gasteiger partial charge in [-0.15, -0.1) is 11.8 Å². The van der Waals surface area contributed by atoms with E-state index in [0.717, 1.165) is 18.1 Å². The van der Waals surface area contributed by atoms with Gasteiger partial charge in [-0.1, -0.05) is 38.3 Å². The quantitative estimate of drug-likeness (QED) is 0.572. The topological polar surface area (TPSA) is 24.9 Å². The van der Waals surface area contributed by atoms with Gasteiger partial charge in [-0.25, -0.2) is 4.98 Å². The number of pyridine rings is 1. The Morgan fingerprint density at radius 1 is 1.41 bits per heavy atom. The fourth-order valence-corrected chi connectivity index (χ4v) is 2.47. The Hall–Kier alpha value is -0.250. The molecule has 96 valence electrons. The van der Waals surface area contributed by atoms with Crippen molar-refractivity contribution < 1.29 is 0 Å². The number of hydrogen-bond acceptors (Lipinski definition) is 3. The Morgan fingerprint density at radius 3 is 2.88 bits per heavy atom. The number of unbranched alkanes of at least 4 members (excludes halogenated alkanes) is 2. The Labute approximate surface area is 114 Å². The summed E-state index contributed by atoms with van der Waals surface area (Å²) < 4.78 is 0. The largest absolute Gasteiger partial charge is 0.316 e. The highest BCUT2D eigenvalue weighted by Crippen LogP contribution is 2.21. The standard InChI is InChI=1S/C13H21ClN2S/c1-3-4-5-8-15-9-11(2)17-13-7-6-12(14)10-16-13/h6-7,10-11,15H,3-5,8-9H2,1-2H3. The van der Waals surface area contributed by atoms with Gasteiger partial charge in [0.25, 0.3) is 0 Å². The van der Waals surface area contributed by atoms with Crippen molar-refractivity contribution in [2.45, 2.75) is 43.4 Å². The van der Waals surface area contributed by atoms with Crippen molar-refractivity contribution in [1.82, 2.24) is 10.3 Å². The zero-order valence-electron chi connectivity index (χ0n) is 10.6. The fraction of sp³-hybridized carbons (Fsp3) is 0.615.